The van der Waals surface area contributed by atoms with Crippen LogP contribution >= 0.6 is 0 Å². The number of allylic oxidation sites excluding steroid dienone is 1. The molecule has 0 radical (unpaired) electrons. The Morgan fingerprint density at radius 3 is 1.85 bits per heavy atom. The molecule has 0 unspecified atom stereocenters. The van der Waals surface area contributed by atoms with Crippen molar-refractivity contribution in [3.8, 4) is 0 Å². The van der Waals surface area contributed by atoms with Crippen LogP contribution in [-0.2, 0) is 28.4 Å². The zero-order valence-corrected chi connectivity index (χ0v) is 38.1. The number of fused-ring (bicyclic) bond motifs is 5. The summed E-state index contributed by atoms with van der Waals surface area (Å²) in [5.74, 6) is 1.20. The molecule has 0 aromatic rings. The van der Waals surface area contributed by atoms with E-state index in [9.17, 15) is 66.4 Å². The fraction of sp³-hybridized carbons (Fsp3) is 0.913. The average molecular weight is 933 g/mol. The number of hydrogen-bond donors (Lipinski definition) is 13. The fourth-order valence-electron chi connectivity index (χ4n) is 12.9. The highest BCUT2D eigenvalue weighted by Gasteiger charge is 2.62. The molecule has 3 heterocycles. The van der Waals surface area contributed by atoms with Gasteiger partial charge in [-0.2, -0.15) is 0 Å². The highest BCUT2D eigenvalue weighted by atomic mass is 16.7. The number of aliphatic hydroxyl groups is 13. The molecule has 3 aliphatic heterocycles. The van der Waals surface area contributed by atoms with Crippen molar-refractivity contribution in [2.24, 2.45) is 40.4 Å². The molecule has 6 fully saturated rings. The second-order valence-electron chi connectivity index (χ2n) is 20.8. The van der Waals surface area contributed by atoms with Crippen molar-refractivity contribution in [2.45, 2.75) is 196 Å². The van der Waals surface area contributed by atoms with Gasteiger partial charge in [0.15, 0.2) is 18.9 Å². The minimum atomic E-state index is -1.70. The van der Waals surface area contributed by atoms with E-state index in [1.54, 1.807) is 0 Å². The van der Waals surface area contributed by atoms with Gasteiger partial charge in [0.25, 0.3) is 0 Å². The third kappa shape index (κ3) is 9.66. The quantitative estimate of drug-likeness (QED) is 0.0845. The van der Waals surface area contributed by atoms with Gasteiger partial charge in [-0.25, -0.2) is 0 Å². The van der Waals surface area contributed by atoms with Gasteiger partial charge in [-0.1, -0.05) is 38.0 Å². The largest absolute Gasteiger partial charge is 0.394 e. The molecule has 0 aromatic carbocycles. The van der Waals surface area contributed by atoms with Gasteiger partial charge in [0.2, 0.25) is 0 Å². The maximum absolute atomic E-state index is 12.0. The van der Waals surface area contributed by atoms with Crippen LogP contribution in [-0.4, -0.2) is 203 Å². The Hall–Kier alpha value is -1.28. The van der Waals surface area contributed by atoms with Crippen LogP contribution in [0, 0.1) is 40.4 Å². The van der Waals surface area contributed by atoms with Crippen molar-refractivity contribution in [3.63, 3.8) is 0 Å². The SMILES string of the molecule is C/C(CO[C@@H]1O[C@H](CO)[C@@H](O)[C@H](O)[C@@H]1O)=C(/C)C[C@H](O)[C@H](C)[C@@H]1CC[C@@H]2[C@H]3CC=C4C[C@@H](O[C@H]5O[C@@H](CO[C@@H]6O[C@H](CO)[C@@H](O)[C@H](O)[C@@H]6O)[C@H](O)[C@@H](O)[C@@H]5O)C[C@@H](O)[C@@]4(C)[C@@H]3CC[C@]21C. The molecule has 3 saturated heterocycles. The first-order valence-corrected chi connectivity index (χ1v) is 23.6. The van der Waals surface area contributed by atoms with Gasteiger partial charge in [-0.15, -0.1) is 0 Å². The standard InChI is InChI=1S/C46H76O19/c1-19(20(2)17-60-42-39(57)36(54)33(51)29(15-47)63-42)12-28(49)21(3)25-8-9-26-24-7-6-22-13-23(14-32(50)46(22,5)27(24)10-11-45(25,26)4)62-44-41(59)38(56)35(53)31(65-44)18-61-43-40(58)37(55)34(52)30(16-48)64-43/h6,21,23-44,47-59H,7-18H2,1-5H3/b20-19+/t21-,23-,24-,25+,26-,27-,28+,29-,30-,31+,32-,33-,34-,35+,36+,37+,38-,39+,40+,41+,42-,43-,44+,45+,46-/m1/s1. The molecule has 13 N–H and O–H groups in total. The Bertz CT molecular complexity index is 1660. The molecule has 374 valence electrons. The van der Waals surface area contributed by atoms with Crippen LogP contribution in [0.1, 0.15) is 86.0 Å². The zero-order valence-electron chi connectivity index (χ0n) is 38.1. The van der Waals surface area contributed by atoms with Gasteiger partial charge >= 0.3 is 0 Å². The van der Waals surface area contributed by atoms with Gasteiger partial charge in [0.1, 0.15) is 73.2 Å². The minimum absolute atomic E-state index is 0.00463. The van der Waals surface area contributed by atoms with Crippen molar-refractivity contribution in [2.75, 3.05) is 26.4 Å². The molecule has 0 aromatic heterocycles. The van der Waals surface area contributed by atoms with E-state index in [0.29, 0.717) is 24.7 Å². The average Bonchev–Trinajstić information content (AvgIpc) is 3.64. The van der Waals surface area contributed by atoms with E-state index < -0.39 is 136 Å². The number of hydrogen-bond acceptors (Lipinski definition) is 19. The lowest BCUT2D eigenvalue weighted by Gasteiger charge is -2.60. The summed E-state index contributed by atoms with van der Waals surface area (Å²) in [6.07, 6.45) is -16.1. The van der Waals surface area contributed by atoms with Crippen LogP contribution < -0.4 is 0 Å². The summed E-state index contributed by atoms with van der Waals surface area (Å²) in [4.78, 5) is 0. The normalized spacial score (nSPS) is 50.4. The van der Waals surface area contributed by atoms with Crippen LogP contribution in [0.4, 0.5) is 0 Å². The maximum atomic E-state index is 12.0. The molecule has 0 spiro atoms. The molecule has 4 aliphatic carbocycles. The van der Waals surface area contributed by atoms with E-state index >= 15 is 0 Å². The third-order valence-electron chi connectivity index (χ3n) is 17.3. The predicted molar refractivity (Wildman–Crippen MR) is 226 cm³/mol. The Labute approximate surface area is 380 Å². The van der Waals surface area contributed by atoms with E-state index in [2.05, 4.69) is 26.8 Å². The van der Waals surface area contributed by atoms with Crippen LogP contribution in [0.3, 0.4) is 0 Å². The topological polar surface area (TPSA) is 318 Å². The molecule has 0 amide bonds. The Morgan fingerprint density at radius 2 is 1.25 bits per heavy atom. The molecule has 19 nitrogen and oxygen atoms in total. The summed E-state index contributed by atoms with van der Waals surface area (Å²) >= 11 is 0. The summed E-state index contributed by atoms with van der Waals surface area (Å²) in [6, 6.07) is 0. The smallest absolute Gasteiger partial charge is 0.187 e. The van der Waals surface area contributed by atoms with Crippen molar-refractivity contribution in [1.82, 2.24) is 0 Å². The molecule has 3 saturated carbocycles. The first-order valence-electron chi connectivity index (χ1n) is 23.6. The monoisotopic (exact) mass is 932 g/mol. The van der Waals surface area contributed by atoms with Crippen molar-refractivity contribution in [1.29, 1.82) is 0 Å². The lowest BCUT2D eigenvalue weighted by atomic mass is 9.46. The lowest BCUT2D eigenvalue weighted by molar-refractivity contribution is -0.337. The molecule has 0 bridgehead atoms. The van der Waals surface area contributed by atoms with E-state index in [-0.39, 0.29) is 36.2 Å². The Morgan fingerprint density at radius 1 is 0.692 bits per heavy atom. The summed E-state index contributed by atoms with van der Waals surface area (Å²) in [5.41, 5.74) is 2.31. The highest BCUT2D eigenvalue weighted by Crippen LogP contribution is 2.67. The summed E-state index contributed by atoms with van der Waals surface area (Å²) in [6.45, 7) is 8.84. The van der Waals surface area contributed by atoms with E-state index in [1.807, 2.05) is 13.8 Å². The van der Waals surface area contributed by atoms with Gasteiger partial charge in [0, 0.05) is 11.8 Å². The Kier molecular flexibility index (Phi) is 16.3. The number of ether oxygens (including phenoxy) is 6. The highest BCUT2D eigenvalue weighted by molar-refractivity contribution is 5.28. The van der Waals surface area contributed by atoms with Gasteiger partial charge in [-0.3, -0.25) is 0 Å². The van der Waals surface area contributed by atoms with E-state index in [0.717, 1.165) is 48.8 Å². The lowest BCUT2D eigenvalue weighted by Crippen LogP contribution is -2.62. The first-order chi connectivity index (χ1) is 30.7. The molecular weight excluding hydrogens is 856 g/mol. The summed E-state index contributed by atoms with van der Waals surface area (Å²) < 4.78 is 34.4. The van der Waals surface area contributed by atoms with Crippen LogP contribution in [0.2, 0.25) is 0 Å². The van der Waals surface area contributed by atoms with Crippen LogP contribution in [0.15, 0.2) is 22.8 Å². The summed E-state index contributed by atoms with van der Waals surface area (Å²) in [7, 11) is 0. The molecule has 7 rings (SSSR count). The van der Waals surface area contributed by atoms with E-state index in [4.69, 9.17) is 28.4 Å². The molecular formula is C46H76O19. The Balaban J connectivity index is 0.951. The minimum Gasteiger partial charge on any atom is -0.394 e. The van der Waals surface area contributed by atoms with Crippen LogP contribution in [0.25, 0.3) is 0 Å². The molecule has 7 aliphatic rings. The third-order valence-corrected chi connectivity index (χ3v) is 17.3. The van der Waals surface area contributed by atoms with E-state index in [1.165, 1.54) is 0 Å². The first kappa shape index (κ1) is 51.6. The predicted octanol–water partition coefficient (Wildman–Crippen LogP) is -1.91. The van der Waals surface area contributed by atoms with Gasteiger partial charge in [-0.05, 0) is 99.4 Å². The van der Waals surface area contributed by atoms with Crippen LogP contribution in [0.5, 0.6) is 0 Å². The van der Waals surface area contributed by atoms with Crippen molar-refractivity contribution in [3.05, 3.63) is 22.8 Å². The molecule has 19 heteroatoms. The molecule has 65 heavy (non-hydrogen) atoms. The zero-order chi connectivity index (χ0) is 47.4. The van der Waals surface area contributed by atoms with Crippen molar-refractivity contribution >= 4 is 0 Å². The number of rotatable bonds is 14. The van der Waals surface area contributed by atoms with Crippen molar-refractivity contribution < 1.29 is 94.8 Å². The second-order valence-corrected chi connectivity index (χ2v) is 20.8. The maximum Gasteiger partial charge on any atom is 0.187 e. The second kappa shape index (κ2) is 20.6. The fourth-order valence-corrected chi connectivity index (χ4v) is 12.9. The van der Waals surface area contributed by atoms with Gasteiger partial charge < -0.3 is 94.8 Å². The molecule has 25 atom stereocenters. The van der Waals surface area contributed by atoms with Gasteiger partial charge in [0.05, 0.1) is 44.7 Å². The number of aliphatic hydroxyl groups excluding tert-OH is 13. The summed E-state index contributed by atoms with van der Waals surface area (Å²) in [5, 5.41) is 137.